The lowest BCUT2D eigenvalue weighted by atomic mass is 10.2. The van der Waals surface area contributed by atoms with Gasteiger partial charge in [0.05, 0.1) is 0 Å². The summed E-state index contributed by atoms with van der Waals surface area (Å²) in [7, 11) is 0. The number of anilines is 2. The normalized spacial score (nSPS) is 17.1. The van der Waals surface area contributed by atoms with Crippen LogP contribution in [0.4, 0.5) is 10.8 Å². The molecule has 1 unspecified atom stereocenters. The summed E-state index contributed by atoms with van der Waals surface area (Å²) in [5.74, 6) is 0.140. The van der Waals surface area contributed by atoms with Gasteiger partial charge in [-0.05, 0) is 58.2 Å². The minimum Gasteiger partial charge on any atom is -0.382 e. The van der Waals surface area contributed by atoms with E-state index in [1.54, 1.807) is 0 Å². The molecule has 21 heavy (non-hydrogen) atoms. The predicted molar refractivity (Wildman–Crippen MR) is 87.9 cm³/mol. The van der Waals surface area contributed by atoms with Crippen molar-refractivity contribution in [3.8, 4) is 0 Å². The van der Waals surface area contributed by atoms with Gasteiger partial charge in [-0.25, -0.2) is 0 Å². The van der Waals surface area contributed by atoms with Crippen LogP contribution in [-0.2, 0) is 0 Å². The van der Waals surface area contributed by atoms with E-state index >= 15 is 0 Å². The molecule has 1 saturated heterocycles. The van der Waals surface area contributed by atoms with E-state index in [4.69, 9.17) is 5.73 Å². The average Bonchev–Trinajstić information content (AvgIpc) is 2.98. The van der Waals surface area contributed by atoms with Gasteiger partial charge >= 0.3 is 0 Å². The molecule has 1 aromatic rings. The smallest absolute Gasteiger partial charge is 0.258 e. The van der Waals surface area contributed by atoms with Crippen molar-refractivity contribution in [3.05, 3.63) is 5.56 Å². The molecule has 0 saturated carbocycles. The zero-order chi connectivity index (χ0) is 15.4. The van der Waals surface area contributed by atoms with Gasteiger partial charge in [-0.15, -0.1) is 0 Å². The SMILES string of the molecule is CC(C)NC(=O)c1c(N)nsc1NC(C)CN1CCCC1. The Morgan fingerprint density at radius 3 is 2.67 bits per heavy atom. The van der Waals surface area contributed by atoms with Gasteiger partial charge in [0, 0.05) is 18.6 Å². The Kier molecular flexibility index (Phi) is 5.41. The predicted octanol–water partition coefficient (Wildman–Crippen LogP) is 1.76. The van der Waals surface area contributed by atoms with E-state index in [2.05, 4.69) is 26.8 Å². The van der Waals surface area contributed by atoms with Crippen molar-refractivity contribution < 1.29 is 4.79 Å². The molecular formula is C14H25N5OS. The fourth-order valence-corrected chi connectivity index (χ4v) is 3.40. The van der Waals surface area contributed by atoms with Gasteiger partial charge in [-0.2, -0.15) is 4.37 Å². The van der Waals surface area contributed by atoms with Gasteiger partial charge in [-0.3, -0.25) is 4.79 Å². The van der Waals surface area contributed by atoms with Gasteiger partial charge in [-0.1, -0.05) is 0 Å². The molecule has 1 aliphatic heterocycles. The third-order valence-corrected chi connectivity index (χ3v) is 4.27. The van der Waals surface area contributed by atoms with E-state index in [1.165, 1.54) is 24.4 Å². The van der Waals surface area contributed by atoms with Crippen LogP contribution >= 0.6 is 11.5 Å². The number of hydrogen-bond donors (Lipinski definition) is 3. The third-order valence-electron chi connectivity index (χ3n) is 3.47. The Bertz CT molecular complexity index is 482. The van der Waals surface area contributed by atoms with E-state index in [0.717, 1.165) is 24.6 Å². The van der Waals surface area contributed by atoms with Crippen molar-refractivity contribution in [2.45, 2.75) is 45.7 Å². The number of likely N-dealkylation sites (tertiary alicyclic amines) is 1. The second-order valence-electron chi connectivity index (χ2n) is 5.95. The maximum atomic E-state index is 12.2. The van der Waals surface area contributed by atoms with Crippen LogP contribution in [0.2, 0.25) is 0 Å². The summed E-state index contributed by atoms with van der Waals surface area (Å²) in [5, 5.41) is 7.02. The summed E-state index contributed by atoms with van der Waals surface area (Å²) in [5.41, 5.74) is 6.32. The van der Waals surface area contributed by atoms with Gasteiger partial charge in [0.1, 0.15) is 10.6 Å². The van der Waals surface area contributed by atoms with Crippen LogP contribution in [0.5, 0.6) is 0 Å². The van der Waals surface area contributed by atoms with Gasteiger partial charge in [0.2, 0.25) is 0 Å². The highest BCUT2D eigenvalue weighted by molar-refractivity contribution is 7.11. The number of nitrogens with one attached hydrogen (secondary N) is 2. The van der Waals surface area contributed by atoms with Crippen LogP contribution in [0, 0.1) is 0 Å². The highest BCUT2D eigenvalue weighted by Crippen LogP contribution is 2.27. The maximum absolute atomic E-state index is 12.2. The molecule has 0 aromatic carbocycles. The molecule has 6 nitrogen and oxygen atoms in total. The molecule has 7 heteroatoms. The number of amides is 1. The lowest BCUT2D eigenvalue weighted by Gasteiger charge is -2.21. The van der Waals surface area contributed by atoms with Gasteiger partial charge in [0.15, 0.2) is 5.82 Å². The van der Waals surface area contributed by atoms with Gasteiger partial charge in [0.25, 0.3) is 5.91 Å². The molecule has 118 valence electrons. The van der Waals surface area contributed by atoms with Crippen molar-refractivity contribution in [1.29, 1.82) is 0 Å². The highest BCUT2D eigenvalue weighted by atomic mass is 32.1. The number of nitrogens with two attached hydrogens (primary N) is 1. The summed E-state index contributed by atoms with van der Waals surface area (Å²) >= 11 is 1.25. The number of rotatable bonds is 6. The van der Waals surface area contributed by atoms with Crippen molar-refractivity contribution in [1.82, 2.24) is 14.6 Å². The van der Waals surface area contributed by atoms with E-state index in [1.807, 2.05) is 13.8 Å². The minimum atomic E-state index is -0.160. The minimum absolute atomic E-state index is 0.0756. The summed E-state index contributed by atoms with van der Waals surface area (Å²) in [6.45, 7) is 9.28. The first-order valence-electron chi connectivity index (χ1n) is 7.52. The zero-order valence-corrected chi connectivity index (χ0v) is 13.8. The first-order chi connectivity index (χ1) is 9.97. The quantitative estimate of drug-likeness (QED) is 0.745. The Balaban J connectivity index is 2.00. The summed E-state index contributed by atoms with van der Waals surface area (Å²) < 4.78 is 4.11. The number of carbonyl (C=O) groups is 1. The topological polar surface area (TPSA) is 83.3 Å². The van der Waals surface area contributed by atoms with Crippen LogP contribution in [0.3, 0.4) is 0 Å². The molecule has 2 heterocycles. The van der Waals surface area contributed by atoms with E-state index in [0.29, 0.717) is 11.4 Å². The van der Waals surface area contributed by atoms with E-state index in [-0.39, 0.29) is 18.0 Å². The Hall–Kier alpha value is -1.34. The molecule has 1 fully saturated rings. The molecule has 0 radical (unpaired) electrons. The van der Waals surface area contributed by atoms with E-state index in [9.17, 15) is 4.79 Å². The largest absolute Gasteiger partial charge is 0.382 e. The summed E-state index contributed by atoms with van der Waals surface area (Å²) in [6.07, 6.45) is 2.56. The van der Waals surface area contributed by atoms with Gasteiger partial charge < -0.3 is 21.3 Å². The molecule has 1 aliphatic rings. The molecule has 1 amide bonds. The number of carbonyl (C=O) groups excluding carboxylic acids is 1. The van der Waals surface area contributed by atoms with E-state index < -0.39 is 0 Å². The van der Waals surface area contributed by atoms with Crippen LogP contribution < -0.4 is 16.4 Å². The Labute approximate surface area is 130 Å². The zero-order valence-electron chi connectivity index (χ0n) is 13.0. The second kappa shape index (κ2) is 7.09. The molecule has 4 N–H and O–H groups in total. The maximum Gasteiger partial charge on any atom is 0.258 e. The summed E-state index contributed by atoms with van der Waals surface area (Å²) in [6, 6.07) is 0.334. The van der Waals surface area contributed by atoms with Crippen LogP contribution in [0.1, 0.15) is 44.0 Å². The lowest BCUT2D eigenvalue weighted by Crippen LogP contribution is -2.34. The van der Waals surface area contributed by atoms with Crippen molar-refractivity contribution in [3.63, 3.8) is 0 Å². The first-order valence-corrected chi connectivity index (χ1v) is 8.29. The number of aromatic nitrogens is 1. The van der Waals surface area contributed by atoms with Crippen LogP contribution in [0.15, 0.2) is 0 Å². The number of nitrogen functional groups attached to an aromatic ring is 1. The molecular weight excluding hydrogens is 286 g/mol. The molecule has 0 spiro atoms. The van der Waals surface area contributed by atoms with Crippen LogP contribution in [-0.4, -0.2) is 46.9 Å². The third kappa shape index (κ3) is 4.31. The Morgan fingerprint density at radius 1 is 1.38 bits per heavy atom. The lowest BCUT2D eigenvalue weighted by molar-refractivity contribution is 0.0945. The first kappa shape index (κ1) is 16.0. The fourth-order valence-electron chi connectivity index (χ4n) is 2.58. The number of hydrogen-bond acceptors (Lipinski definition) is 6. The highest BCUT2D eigenvalue weighted by Gasteiger charge is 2.22. The van der Waals surface area contributed by atoms with Crippen LogP contribution in [0.25, 0.3) is 0 Å². The van der Waals surface area contributed by atoms with Crippen molar-refractivity contribution >= 4 is 28.3 Å². The molecule has 1 atom stereocenters. The molecule has 0 bridgehead atoms. The van der Waals surface area contributed by atoms with Crippen molar-refractivity contribution in [2.24, 2.45) is 0 Å². The standard InChI is InChI=1S/C14H25N5OS/c1-9(2)16-13(20)11-12(15)18-21-14(11)17-10(3)8-19-6-4-5-7-19/h9-10,17H,4-8H2,1-3H3,(H2,15,18)(H,16,20). The molecule has 0 aliphatic carbocycles. The fraction of sp³-hybridized carbons (Fsp3) is 0.714. The number of nitrogens with zero attached hydrogens (tertiary/aromatic N) is 2. The molecule has 1 aromatic heterocycles. The van der Waals surface area contributed by atoms with Crippen molar-refractivity contribution in [2.75, 3.05) is 30.7 Å². The second-order valence-corrected chi connectivity index (χ2v) is 6.73. The average molecular weight is 311 g/mol. The summed E-state index contributed by atoms with van der Waals surface area (Å²) in [4.78, 5) is 14.6. The molecule has 2 rings (SSSR count). The monoisotopic (exact) mass is 311 g/mol. The Morgan fingerprint density at radius 2 is 2.05 bits per heavy atom.